The first kappa shape index (κ1) is 18.4. The zero-order chi connectivity index (χ0) is 15.9. The highest BCUT2D eigenvalue weighted by molar-refractivity contribution is 6.30. The van der Waals surface area contributed by atoms with E-state index in [0.29, 0.717) is 23.6 Å². The molecule has 1 unspecified atom stereocenters. The molecule has 0 amide bonds. The highest BCUT2D eigenvalue weighted by atomic mass is 35.5. The van der Waals surface area contributed by atoms with E-state index in [1.807, 2.05) is 6.92 Å². The maximum Gasteiger partial charge on any atom is 0.127 e. The standard InChI is InChI=1S/C17H27ClFNO/c1-5-17(6-2,21-8-4)16(20-7-3)11-13-9-10-14(18)12-15(13)19/h9-10,12,16,20H,5-8,11H2,1-4H3. The van der Waals surface area contributed by atoms with E-state index in [0.717, 1.165) is 19.4 Å². The minimum atomic E-state index is -0.267. The van der Waals surface area contributed by atoms with Crippen LogP contribution in [-0.4, -0.2) is 24.8 Å². The van der Waals surface area contributed by atoms with Gasteiger partial charge in [0.25, 0.3) is 0 Å². The van der Waals surface area contributed by atoms with E-state index in [1.165, 1.54) is 6.07 Å². The molecule has 4 heteroatoms. The molecule has 0 aliphatic carbocycles. The van der Waals surface area contributed by atoms with Crippen molar-refractivity contribution in [3.63, 3.8) is 0 Å². The summed E-state index contributed by atoms with van der Waals surface area (Å²) in [6, 6.07) is 4.96. The van der Waals surface area contributed by atoms with Crippen molar-refractivity contribution in [3.8, 4) is 0 Å². The molecule has 0 saturated heterocycles. The summed E-state index contributed by atoms with van der Waals surface area (Å²) in [6.45, 7) is 9.81. The number of rotatable bonds is 9. The fraction of sp³-hybridized carbons (Fsp3) is 0.647. The van der Waals surface area contributed by atoms with Crippen molar-refractivity contribution >= 4 is 11.6 Å². The van der Waals surface area contributed by atoms with Crippen LogP contribution >= 0.6 is 11.6 Å². The van der Waals surface area contributed by atoms with Gasteiger partial charge in [-0.2, -0.15) is 0 Å². The molecule has 0 aliphatic heterocycles. The summed E-state index contributed by atoms with van der Waals surface area (Å²) in [6.07, 6.45) is 2.38. The van der Waals surface area contributed by atoms with Crippen LogP contribution in [0.1, 0.15) is 46.1 Å². The molecule has 1 atom stereocenters. The zero-order valence-electron chi connectivity index (χ0n) is 13.5. The van der Waals surface area contributed by atoms with Crippen LogP contribution in [0.25, 0.3) is 0 Å². The monoisotopic (exact) mass is 315 g/mol. The topological polar surface area (TPSA) is 21.3 Å². The van der Waals surface area contributed by atoms with Crippen molar-refractivity contribution in [1.82, 2.24) is 5.32 Å². The van der Waals surface area contributed by atoms with Gasteiger partial charge in [0.1, 0.15) is 5.82 Å². The fourth-order valence-electron chi connectivity index (χ4n) is 2.93. The summed E-state index contributed by atoms with van der Waals surface area (Å²) in [7, 11) is 0. The van der Waals surface area contributed by atoms with Crippen LogP contribution in [0.5, 0.6) is 0 Å². The molecule has 0 aromatic heterocycles. The number of likely N-dealkylation sites (N-methyl/N-ethyl adjacent to an activating group) is 1. The SMILES string of the molecule is CCNC(Cc1ccc(Cl)cc1F)C(CC)(CC)OCC. The average molecular weight is 316 g/mol. The molecule has 0 heterocycles. The molecule has 1 N–H and O–H groups in total. The Morgan fingerprint density at radius 1 is 1.24 bits per heavy atom. The molecule has 120 valence electrons. The maximum atomic E-state index is 14.1. The lowest BCUT2D eigenvalue weighted by Gasteiger charge is -2.40. The Balaban J connectivity index is 3.04. The summed E-state index contributed by atoms with van der Waals surface area (Å²) in [5.41, 5.74) is 0.410. The highest BCUT2D eigenvalue weighted by Gasteiger charge is 2.36. The predicted molar refractivity (Wildman–Crippen MR) is 87.5 cm³/mol. The van der Waals surface area contributed by atoms with Gasteiger partial charge in [-0.05, 0) is 50.4 Å². The van der Waals surface area contributed by atoms with Crippen molar-refractivity contribution in [2.24, 2.45) is 0 Å². The molecule has 1 aromatic carbocycles. The zero-order valence-corrected chi connectivity index (χ0v) is 14.3. The molecule has 0 fully saturated rings. The Labute approximate surface area is 133 Å². The number of nitrogens with one attached hydrogen (secondary N) is 1. The molecular weight excluding hydrogens is 289 g/mol. The van der Waals surface area contributed by atoms with Gasteiger partial charge in [-0.15, -0.1) is 0 Å². The molecule has 0 bridgehead atoms. The van der Waals surface area contributed by atoms with E-state index < -0.39 is 0 Å². The Morgan fingerprint density at radius 2 is 1.90 bits per heavy atom. The Bertz CT molecular complexity index is 435. The van der Waals surface area contributed by atoms with Crippen LogP contribution in [0.15, 0.2) is 18.2 Å². The predicted octanol–water partition coefficient (Wildman–Crippen LogP) is 4.60. The minimum absolute atomic E-state index is 0.0770. The first-order valence-electron chi connectivity index (χ1n) is 7.84. The number of benzene rings is 1. The van der Waals surface area contributed by atoms with E-state index in [1.54, 1.807) is 12.1 Å². The van der Waals surface area contributed by atoms with E-state index in [2.05, 4.69) is 26.1 Å². The van der Waals surface area contributed by atoms with Crippen molar-refractivity contribution in [3.05, 3.63) is 34.6 Å². The normalized spacial score (nSPS) is 13.4. The van der Waals surface area contributed by atoms with Gasteiger partial charge < -0.3 is 10.1 Å². The van der Waals surface area contributed by atoms with Crippen LogP contribution in [0, 0.1) is 5.82 Å². The second-order valence-corrected chi connectivity index (χ2v) is 5.69. The lowest BCUT2D eigenvalue weighted by Crippen LogP contribution is -2.53. The van der Waals surface area contributed by atoms with Crippen molar-refractivity contribution in [2.75, 3.05) is 13.2 Å². The Hall–Kier alpha value is -0.640. The first-order chi connectivity index (χ1) is 10.0. The molecule has 0 radical (unpaired) electrons. The quantitative estimate of drug-likeness (QED) is 0.719. The van der Waals surface area contributed by atoms with Crippen molar-refractivity contribution in [2.45, 2.75) is 58.6 Å². The van der Waals surface area contributed by atoms with Gasteiger partial charge in [0.2, 0.25) is 0 Å². The van der Waals surface area contributed by atoms with Crippen LogP contribution in [0.3, 0.4) is 0 Å². The summed E-state index contributed by atoms with van der Waals surface area (Å²) >= 11 is 5.83. The molecule has 0 spiro atoms. The molecule has 2 nitrogen and oxygen atoms in total. The number of hydrogen-bond acceptors (Lipinski definition) is 2. The number of ether oxygens (including phenoxy) is 1. The third kappa shape index (κ3) is 4.67. The van der Waals surface area contributed by atoms with E-state index in [4.69, 9.17) is 16.3 Å². The summed E-state index contributed by atoms with van der Waals surface area (Å²) in [4.78, 5) is 0. The van der Waals surface area contributed by atoms with Gasteiger partial charge in [0, 0.05) is 17.7 Å². The van der Waals surface area contributed by atoms with Crippen LogP contribution in [-0.2, 0) is 11.2 Å². The fourth-order valence-corrected chi connectivity index (χ4v) is 3.09. The van der Waals surface area contributed by atoms with Gasteiger partial charge >= 0.3 is 0 Å². The minimum Gasteiger partial charge on any atom is -0.374 e. The van der Waals surface area contributed by atoms with Gasteiger partial charge in [0.15, 0.2) is 0 Å². The van der Waals surface area contributed by atoms with Gasteiger partial charge in [-0.25, -0.2) is 4.39 Å². The summed E-state index contributed by atoms with van der Waals surface area (Å²) in [5.74, 6) is -0.247. The van der Waals surface area contributed by atoms with Gasteiger partial charge in [-0.1, -0.05) is 38.4 Å². The second-order valence-electron chi connectivity index (χ2n) is 5.26. The lowest BCUT2D eigenvalue weighted by atomic mass is 9.84. The van der Waals surface area contributed by atoms with Crippen LogP contribution < -0.4 is 5.32 Å². The second kappa shape index (κ2) is 8.72. The maximum absolute atomic E-state index is 14.1. The van der Waals surface area contributed by atoms with E-state index >= 15 is 0 Å². The molecule has 21 heavy (non-hydrogen) atoms. The largest absolute Gasteiger partial charge is 0.374 e. The molecular formula is C17H27ClFNO. The van der Waals surface area contributed by atoms with Crippen molar-refractivity contribution < 1.29 is 9.13 Å². The van der Waals surface area contributed by atoms with Crippen LogP contribution in [0.2, 0.25) is 5.02 Å². The third-order valence-corrected chi connectivity index (χ3v) is 4.39. The number of hydrogen-bond donors (Lipinski definition) is 1. The van der Waals surface area contributed by atoms with Gasteiger partial charge in [0.05, 0.1) is 5.60 Å². The molecule has 1 rings (SSSR count). The van der Waals surface area contributed by atoms with Crippen LogP contribution in [0.4, 0.5) is 4.39 Å². The van der Waals surface area contributed by atoms with Crippen molar-refractivity contribution in [1.29, 1.82) is 0 Å². The van der Waals surface area contributed by atoms with E-state index in [9.17, 15) is 4.39 Å². The number of halogens is 2. The van der Waals surface area contributed by atoms with E-state index in [-0.39, 0.29) is 17.5 Å². The molecule has 1 aromatic rings. The molecule has 0 saturated carbocycles. The Morgan fingerprint density at radius 3 is 2.38 bits per heavy atom. The molecule has 0 aliphatic rings. The lowest BCUT2D eigenvalue weighted by molar-refractivity contribution is -0.0717. The van der Waals surface area contributed by atoms with Gasteiger partial charge in [-0.3, -0.25) is 0 Å². The average Bonchev–Trinajstić information content (AvgIpc) is 2.47. The third-order valence-electron chi connectivity index (χ3n) is 4.15. The summed E-state index contributed by atoms with van der Waals surface area (Å²) < 4.78 is 20.1. The first-order valence-corrected chi connectivity index (χ1v) is 8.22. The highest BCUT2D eigenvalue weighted by Crippen LogP contribution is 2.28. The summed E-state index contributed by atoms with van der Waals surface area (Å²) in [5, 5.41) is 3.90. The Kier molecular flexibility index (Phi) is 7.64. The smallest absolute Gasteiger partial charge is 0.127 e.